The van der Waals surface area contributed by atoms with Crippen LogP contribution in [0.2, 0.25) is 0 Å². The van der Waals surface area contributed by atoms with Gasteiger partial charge in [0.25, 0.3) is 5.69 Å². The van der Waals surface area contributed by atoms with Gasteiger partial charge in [0.05, 0.1) is 28.0 Å². The van der Waals surface area contributed by atoms with E-state index in [2.05, 4.69) is 19.9 Å². The molecule has 182 valence electrons. The van der Waals surface area contributed by atoms with Gasteiger partial charge in [0, 0.05) is 34.7 Å². The number of carbonyl (C=O) groups excluding carboxylic acids is 1. The first-order chi connectivity index (χ1) is 17.2. The second kappa shape index (κ2) is 7.87. The van der Waals surface area contributed by atoms with Crippen LogP contribution < -0.4 is 10.6 Å². The predicted molar refractivity (Wildman–Crippen MR) is 138 cm³/mol. The molecule has 0 radical (unpaired) electrons. The summed E-state index contributed by atoms with van der Waals surface area (Å²) in [7, 11) is 0. The smallest absolute Gasteiger partial charge is 0.269 e. The Morgan fingerprint density at radius 3 is 2.64 bits per heavy atom. The van der Waals surface area contributed by atoms with Crippen molar-refractivity contribution in [3.63, 3.8) is 0 Å². The summed E-state index contributed by atoms with van der Waals surface area (Å²) in [6.45, 7) is 4.17. The van der Waals surface area contributed by atoms with Gasteiger partial charge in [0.1, 0.15) is 10.8 Å². The molecular weight excluding hydrogens is 474 g/mol. The number of ketones is 1. The minimum Gasteiger partial charge on any atom is -0.383 e. The molecule has 1 aromatic heterocycles. The van der Waals surface area contributed by atoms with E-state index in [1.807, 2.05) is 4.90 Å². The number of amidine groups is 1. The number of fused-ring (bicyclic) bond motifs is 6. The Hall–Kier alpha value is -3.77. The first-order valence-electron chi connectivity index (χ1n) is 12.1. The number of anilines is 1. The van der Waals surface area contributed by atoms with Gasteiger partial charge < -0.3 is 5.73 Å². The van der Waals surface area contributed by atoms with E-state index in [1.165, 1.54) is 22.6 Å². The van der Waals surface area contributed by atoms with E-state index in [-0.39, 0.29) is 16.9 Å². The SMILES string of the molecule is CC1(C)CC(=O)C2=C(C1)N1C(=C(C#N)C2c2ccc([N+](=O)[O-])cc2)N=C(N)c2c1sc1c2CCCC1. The number of hydrogen-bond donors (Lipinski definition) is 1. The fourth-order valence-corrected chi connectivity index (χ4v) is 7.48. The number of nitro groups is 1. The molecule has 1 atom stereocenters. The maximum Gasteiger partial charge on any atom is 0.269 e. The average molecular weight is 500 g/mol. The molecule has 6 rings (SSSR count). The first kappa shape index (κ1) is 22.7. The number of non-ortho nitro benzene ring substituents is 1. The minimum atomic E-state index is -0.645. The predicted octanol–water partition coefficient (Wildman–Crippen LogP) is 5.24. The van der Waals surface area contributed by atoms with Gasteiger partial charge >= 0.3 is 0 Å². The molecule has 8 nitrogen and oxygen atoms in total. The molecule has 9 heteroatoms. The number of nitrogens with two attached hydrogens (primary N) is 1. The lowest BCUT2D eigenvalue weighted by Gasteiger charge is -2.44. The van der Waals surface area contributed by atoms with Crippen molar-refractivity contribution in [1.29, 1.82) is 5.26 Å². The summed E-state index contributed by atoms with van der Waals surface area (Å²) >= 11 is 1.70. The molecule has 2 aromatic rings. The molecule has 4 aliphatic rings. The van der Waals surface area contributed by atoms with Crippen LogP contribution in [-0.4, -0.2) is 16.5 Å². The highest BCUT2D eigenvalue weighted by Gasteiger charge is 2.47. The first-order valence-corrected chi connectivity index (χ1v) is 13.0. The van der Waals surface area contributed by atoms with Crippen molar-refractivity contribution in [3.05, 3.63) is 78.6 Å². The summed E-state index contributed by atoms with van der Waals surface area (Å²) in [6.07, 6.45) is 5.22. The maximum absolute atomic E-state index is 13.7. The molecule has 3 heterocycles. The van der Waals surface area contributed by atoms with Gasteiger partial charge in [-0.1, -0.05) is 26.0 Å². The highest BCUT2D eigenvalue weighted by Crippen LogP contribution is 2.55. The molecule has 1 aromatic carbocycles. The van der Waals surface area contributed by atoms with Crippen molar-refractivity contribution in [1.82, 2.24) is 0 Å². The third-order valence-corrected chi connectivity index (χ3v) is 8.87. The van der Waals surface area contributed by atoms with E-state index in [0.717, 1.165) is 41.9 Å². The number of nitrogens with zero attached hydrogens (tertiary/aromatic N) is 4. The summed E-state index contributed by atoms with van der Waals surface area (Å²) in [4.78, 5) is 32.6. The topological polar surface area (TPSA) is 126 Å². The number of aliphatic imine (C=N–C) groups is 1. The number of nitriles is 1. The third-order valence-electron chi connectivity index (χ3n) is 7.59. The van der Waals surface area contributed by atoms with Gasteiger partial charge in [0.15, 0.2) is 11.6 Å². The van der Waals surface area contributed by atoms with E-state index in [4.69, 9.17) is 10.7 Å². The van der Waals surface area contributed by atoms with Crippen molar-refractivity contribution < 1.29 is 9.72 Å². The van der Waals surface area contributed by atoms with Crippen molar-refractivity contribution >= 4 is 33.6 Å². The number of Topliss-reactive ketones (excluding diaryl/α,β-unsaturated/α-hetero) is 1. The van der Waals surface area contributed by atoms with Gasteiger partial charge in [-0.05, 0) is 48.6 Å². The number of rotatable bonds is 2. The van der Waals surface area contributed by atoms with Gasteiger partial charge in [-0.3, -0.25) is 19.8 Å². The molecule has 0 bridgehead atoms. The van der Waals surface area contributed by atoms with Crippen LogP contribution in [0.3, 0.4) is 0 Å². The fraction of sp³-hybridized carbons (Fsp3) is 0.370. The molecule has 0 saturated carbocycles. The quantitative estimate of drug-likeness (QED) is 0.445. The van der Waals surface area contributed by atoms with Crippen LogP contribution in [0.4, 0.5) is 10.7 Å². The van der Waals surface area contributed by atoms with Crippen LogP contribution in [0.1, 0.15) is 67.0 Å². The number of hydrogen-bond acceptors (Lipinski definition) is 8. The number of carbonyl (C=O) groups is 1. The van der Waals surface area contributed by atoms with Crippen LogP contribution >= 0.6 is 11.3 Å². The second-order valence-corrected chi connectivity index (χ2v) is 11.7. The zero-order valence-corrected chi connectivity index (χ0v) is 20.9. The number of allylic oxidation sites excluding steroid dienone is 3. The van der Waals surface area contributed by atoms with Crippen molar-refractivity contribution in [3.8, 4) is 6.07 Å². The molecule has 0 spiro atoms. The zero-order chi connectivity index (χ0) is 25.4. The summed E-state index contributed by atoms with van der Waals surface area (Å²) in [5, 5.41) is 22.6. The Labute approximate surface area is 212 Å². The molecule has 2 aliphatic heterocycles. The van der Waals surface area contributed by atoms with Crippen LogP contribution in [-0.2, 0) is 17.6 Å². The molecule has 36 heavy (non-hydrogen) atoms. The summed E-state index contributed by atoms with van der Waals surface area (Å²) < 4.78 is 0. The Kier molecular flexibility index (Phi) is 4.96. The third kappa shape index (κ3) is 3.24. The maximum atomic E-state index is 13.7. The van der Waals surface area contributed by atoms with Crippen LogP contribution in [0.5, 0.6) is 0 Å². The van der Waals surface area contributed by atoms with E-state index < -0.39 is 10.8 Å². The highest BCUT2D eigenvalue weighted by molar-refractivity contribution is 7.17. The normalized spacial score (nSPS) is 22.2. The molecule has 2 aliphatic carbocycles. The van der Waals surface area contributed by atoms with Gasteiger partial charge in [-0.2, -0.15) is 5.26 Å². The van der Waals surface area contributed by atoms with E-state index in [9.17, 15) is 20.2 Å². The van der Waals surface area contributed by atoms with Gasteiger partial charge in [-0.25, -0.2) is 4.99 Å². The number of thiophene rings is 1. The lowest BCUT2D eigenvalue weighted by molar-refractivity contribution is -0.384. The molecule has 0 fully saturated rings. The second-order valence-electron chi connectivity index (χ2n) is 10.7. The van der Waals surface area contributed by atoms with Crippen LogP contribution in [0, 0.1) is 26.9 Å². The zero-order valence-electron chi connectivity index (χ0n) is 20.1. The van der Waals surface area contributed by atoms with Crippen LogP contribution in [0.25, 0.3) is 0 Å². The Morgan fingerprint density at radius 2 is 1.94 bits per heavy atom. The Morgan fingerprint density at radius 1 is 1.22 bits per heavy atom. The van der Waals surface area contributed by atoms with Crippen molar-refractivity contribution in [2.45, 2.75) is 58.3 Å². The fourth-order valence-electron chi connectivity index (χ4n) is 6.06. The summed E-state index contributed by atoms with van der Waals surface area (Å²) in [5.41, 5.74) is 10.9. The van der Waals surface area contributed by atoms with Crippen molar-refractivity contribution in [2.75, 3.05) is 4.90 Å². The number of benzene rings is 1. The van der Waals surface area contributed by atoms with E-state index in [0.29, 0.717) is 41.2 Å². The van der Waals surface area contributed by atoms with Crippen molar-refractivity contribution in [2.24, 2.45) is 16.1 Å². The van der Waals surface area contributed by atoms with E-state index >= 15 is 0 Å². The highest BCUT2D eigenvalue weighted by atomic mass is 32.1. The summed E-state index contributed by atoms with van der Waals surface area (Å²) in [6, 6.07) is 8.45. The lowest BCUT2D eigenvalue weighted by Crippen LogP contribution is -2.41. The molecule has 1 unspecified atom stereocenters. The number of nitro benzene ring substituents is 1. The monoisotopic (exact) mass is 499 g/mol. The Bertz CT molecular complexity index is 1490. The molecule has 0 saturated heterocycles. The minimum absolute atomic E-state index is 0.00166. The molecule has 0 amide bonds. The standard InChI is InChI=1S/C27H25N5O3S/c1-27(2)11-18-23(19(33)12-27)21(14-7-9-15(10-8-14)32(34)35)17(13-28)25-30-24(29)22-16-5-3-4-6-20(16)36-26(22)31(18)25/h7-10,21H,3-6,11-12H2,1-2H3,(H2,29,30). The summed E-state index contributed by atoms with van der Waals surface area (Å²) in [5.74, 6) is 0.236. The van der Waals surface area contributed by atoms with Crippen LogP contribution in [0.15, 0.2) is 51.9 Å². The largest absolute Gasteiger partial charge is 0.383 e. The van der Waals surface area contributed by atoms with E-state index in [1.54, 1.807) is 23.5 Å². The average Bonchev–Trinajstić information content (AvgIpc) is 3.22. The molecular formula is C27H25N5O3S. The Balaban J connectivity index is 1.63. The van der Waals surface area contributed by atoms with Gasteiger partial charge in [-0.15, -0.1) is 11.3 Å². The lowest BCUT2D eigenvalue weighted by atomic mass is 9.68. The van der Waals surface area contributed by atoms with Gasteiger partial charge in [0.2, 0.25) is 0 Å². The number of aryl methyl sites for hydroxylation is 1. The molecule has 2 N–H and O–H groups in total.